The lowest BCUT2D eigenvalue weighted by Crippen LogP contribution is -2.28. The Morgan fingerprint density at radius 2 is 1.89 bits per heavy atom. The van der Waals surface area contributed by atoms with E-state index in [0.717, 1.165) is 40.0 Å². The van der Waals surface area contributed by atoms with Crippen molar-refractivity contribution in [3.63, 3.8) is 0 Å². The molecule has 4 rings (SSSR count). The molecule has 0 aliphatic heterocycles. The number of aryl methyl sites for hydroxylation is 1. The monoisotopic (exact) mass is 505 g/mol. The molecule has 11 nitrogen and oxygen atoms in total. The van der Waals surface area contributed by atoms with Crippen LogP contribution < -0.4 is 19.7 Å². The van der Waals surface area contributed by atoms with Crippen LogP contribution in [0.25, 0.3) is 22.2 Å². The van der Waals surface area contributed by atoms with Crippen molar-refractivity contribution in [2.45, 2.75) is 6.92 Å². The van der Waals surface area contributed by atoms with Crippen molar-refractivity contribution < 1.29 is 14.4 Å². The number of nitrogens with one attached hydrogen (secondary N) is 2. The first kappa shape index (κ1) is 25.7. The highest BCUT2D eigenvalue weighted by Gasteiger charge is 2.23. The lowest BCUT2D eigenvalue weighted by Gasteiger charge is -2.22. The molecule has 0 amide bonds. The Balaban J connectivity index is 1.71. The third-order valence-electron chi connectivity index (χ3n) is 6.15. The topological polar surface area (TPSA) is 122 Å². The minimum Gasteiger partial charge on any atom is -0.497 e. The number of H-pyrrole nitrogens is 1. The third kappa shape index (κ3) is 5.41. The van der Waals surface area contributed by atoms with Crippen molar-refractivity contribution in [2.75, 3.05) is 58.7 Å². The van der Waals surface area contributed by atoms with Crippen LogP contribution in [0.3, 0.4) is 0 Å². The van der Waals surface area contributed by atoms with Gasteiger partial charge in [0.25, 0.3) is 5.69 Å². The number of benzene rings is 2. The Kier molecular flexibility index (Phi) is 7.44. The predicted molar refractivity (Wildman–Crippen MR) is 145 cm³/mol. The number of rotatable bonds is 10. The van der Waals surface area contributed by atoms with E-state index in [1.54, 1.807) is 19.4 Å². The number of likely N-dealkylation sites (N-methyl/N-ethyl adjacent to an activating group) is 2. The van der Waals surface area contributed by atoms with E-state index < -0.39 is 4.92 Å². The highest BCUT2D eigenvalue weighted by atomic mass is 16.6. The summed E-state index contributed by atoms with van der Waals surface area (Å²) in [5, 5.41) is 16.1. The molecule has 37 heavy (non-hydrogen) atoms. The zero-order valence-electron chi connectivity index (χ0n) is 21.8. The SMILES string of the molecule is COc1ccc2c(-c3nc(Nc4cc([N+](=O)[O-])c(N(C)CCN(C)C)cc4OC)ncc3C)c[nH]c2c1. The van der Waals surface area contributed by atoms with Crippen LogP contribution in [0.15, 0.2) is 42.7 Å². The summed E-state index contributed by atoms with van der Waals surface area (Å²) in [5.41, 5.74) is 4.29. The van der Waals surface area contributed by atoms with Gasteiger partial charge >= 0.3 is 0 Å². The number of hydrogen-bond donors (Lipinski definition) is 2. The molecule has 0 aliphatic carbocycles. The molecule has 0 aliphatic rings. The van der Waals surface area contributed by atoms with E-state index in [1.165, 1.54) is 13.2 Å². The van der Waals surface area contributed by atoms with Gasteiger partial charge < -0.3 is 29.6 Å². The highest BCUT2D eigenvalue weighted by molar-refractivity contribution is 5.96. The van der Waals surface area contributed by atoms with Gasteiger partial charge in [-0.15, -0.1) is 0 Å². The Labute approximate surface area is 215 Å². The van der Waals surface area contributed by atoms with Gasteiger partial charge in [0.15, 0.2) is 0 Å². The van der Waals surface area contributed by atoms with Crippen molar-refractivity contribution in [3.8, 4) is 22.8 Å². The quantitative estimate of drug-likeness (QED) is 0.235. The van der Waals surface area contributed by atoms with E-state index in [2.05, 4.69) is 15.3 Å². The van der Waals surface area contributed by atoms with Crippen molar-refractivity contribution in [2.24, 2.45) is 0 Å². The average Bonchev–Trinajstić information content (AvgIpc) is 3.30. The van der Waals surface area contributed by atoms with Crippen molar-refractivity contribution in [1.82, 2.24) is 19.9 Å². The second-order valence-electron chi connectivity index (χ2n) is 8.99. The summed E-state index contributed by atoms with van der Waals surface area (Å²) >= 11 is 0. The Morgan fingerprint density at radius 1 is 1.11 bits per heavy atom. The van der Waals surface area contributed by atoms with Crippen LogP contribution in [0, 0.1) is 17.0 Å². The van der Waals surface area contributed by atoms with Crippen LogP contribution in [-0.2, 0) is 0 Å². The molecular weight excluding hydrogens is 474 g/mol. The van der Waals surface area contributed by atoms with Crippen LogP contribution >= 0.6 is 0 Å². The maximum absolute atomic E-state index is 11.9. The van der Waals surface area contributed by atoms with Crippen LogP contribution in [0.1, 0.15) is 5.56 Å². The third-order valence-corrected chi connectivity index (χ3v) is 6.15. The van der Waals surface area contributed by atoms with Crippen LogP contribution in [0.2, 0.25) is 0 Å². The van der Waals surface area contributed by atoms with E-state index in [-0.39, 0.29) is 5.69 Å². The van der Waals surface area contributed by atoms with Gasteiger partial charge in [-0.1, -0.05) is 0 Å². The molecule has 194 valence electrons. The second kappa shape index (κ2) is 10.7. The number of nitro benzene ring substituents is 1. The lowest BCUT2D eigenvalue weighted by molar-refractivity contribution is -0.384. The Morgan fingerprint density at radius 3 is 2.57 bits per heavy atom. The van der Waals surface area contributed by atoms with E-state index in [9.17, 15) is 10.1 Å². The fraction of sp³-hybridized carbons (Fsp3) is 0.308. The minimum atomic E-state index is -0.395. The molecule has 0 radical (unpaired) electrons. The number of fused-ring (bicyclic) bond motifs is 1. The number of hydrogen-bond acceptors (Lipinski definition) is 9. The van der Waals surface area contributed by atoms with Crippen LogP contribution in [-0.4, -0.2) is 73.2 Å². The predicted octanol–water partition coefficient (Wildman–Crippen LogP) is 4.60. The zero-order valence-corrected chi connectivity index (χ0v) is 21.8. The largest absolute Gasteiger partial charge is 0.497 e. The standard InChI is InChI=1S/C26H31N7O4/c1-16-14-28-26(30-25(16)19-15-27-20-11-17(36-5)7-8-18(19)20)29-21-12-23(33(34)35)22(13-24(21)37-6)32(4)10-9-31(2)3/h7-8,11-15,27H,9-10H2,1-6H3,(H,28,29,30). The van der Waals surface area contributed by atoms with Gasteiger partial charge in [0.2, 0.25) is 5.95 Å². The second-order valence-corrected chi connectivity index (χ2v) is 8.99. The van der Waals surface area contributed by atoms with Gasteiger partial charge in [0, 0.05) is 67.2 Å². The van der Waals surface area contributed by atoms with Crippen LogP contribution in [0.4, 0.5) is 23.0 Å². The summed E-state index contributed by atoms with van der Waals surface area (Å²) < 4.78 is 10.9. The molecule has 2 aromatic heterocycles. The molecule has 0 saturated carbocycles. The molecule has 0 fully saturated rings. The fourth-order valence-corrected chi connectivity index (χ4v) is 4.07. The number of aromatic amines is 1. The van der Waals surface area contributed by atoms with Gasteiger partial charge in [-0.2, -0.15) is 0 Å². The van der Waals surface area contributed by atoms with E-state index in [0.29, 0.717) is 29.6 Å². The fourth-order valence-electron chi connectivity index (χ4n) is 4.07. The maximum Gasteiger partial charge on any atom is 0.294 e. The first-order valence-corrected chi connectivity index (χ1v) is 11.7. The van der Waals surface area contributed by atoms with Gasteiger partial charge in [0.1, 0.15) is 17.2 Å². The lowest BCUT2D eigenvalue weighted by atomic mass is 10.1. The number of ether oxygens (including phenoxy) is 2. The van der Waals surface area contributed by atoms with Crippen molar-refractivity contribution >= 4 is 33.9 Å². The normalized spacial score (nSPS) is 11.1. The zero-order chi connectivity index (χ0) is 26.7. The highest BCUT2D eigenvalue weighted by Crippen LogP contribution is 2.39. The number of methoxy groups -OCH3 is 2. The molecule has 2 heterocycles. The summed E-state index contributed by atoms with van der Waals surface area (Å²) in [7, 11) is 8.89. The number of anilines is 3. The minimum absolute atomic E-state index is 0.0394. The average molecular weight is 506 g/mol. The number of nitrogens with zero attached hydrogens (tertiary/aromatic N) is 5. The van der Waals surface area contributed by atoms with Crippen molar-refractivity contribution in [3.05, 3.63) is 58.4 Å². The molecule has 0 spiro atoms. The summed E-state index contributed by atoms with van der Waals surface area (Å²) in [6, 6.07) is 8.93. The summed E-state index contributed by atoms with van der Waals surface area (Å²) in [6.07, 6.45) is 3.62. The van der Waals surface area contributed by atoms with Gasteiger partial charge in [0.05, 0.1) is 30.5 Å². The van der Waals surface area contributed by atoms with Crippen molar-refractivity contribution in [1.29, 1.82) is 0 Å². The first-order chi connectivity index (χ1) is 17.7. The molecular formula is C26H31N7O4. The molecule has 0 unspecified atom stereocenters. The summed E-state index contributed by atoms with van der Waals surface area (Å²) in [4.78, 5) is 27.8. The van der Waals surface area contributed by atoms with E-state index in [4.69, 9.17) is 14.5 Å². The smallest absolute Gasteiger partial charge is 0.294 e. The molecule has 0 saturated heterocycles. The molecule has 11 heteroatoms. The maximum atomic E-state index is 11.9. The summed E-state index contributed by atoms with van der Waals surface area (Å²) in [5.74, 6) is 1.50. The van der Waals surface area contributed by atoms with Gasteiger partial charge in [-0.3, -0.25) is 10.1 Å². The summed E-state index contributed by atoms with van der Waals surface area (Å²) in [6.45, 7) is 3.30. The first-order valence-electron chi connectivity index (χ1n) is 11.7. The van der Waals surface area contributed by atoms with E-state index in [1.807, 2.05) is 62.3 Å². The molecule has 2 N–H and O–H groups in total. The molecule has 0 bridgehead atoms. The number of aromatic nitrogens is 3. The Bertz CT molecular complexity index is 1430. The van der Waals surface area contributed by atoms with Crippen LogP contribution in [0.5, 0.6) is 11.5 Å². The molecule has 0 atom stereocenters. The molecule has 2 aromatic carbocycles. The van der Waals surface area contributed by atoms with Gasteiger partial charge in [-0.05, 0) is 38.7 Å². The van der Waals surface area contributed by atoms with E-state index >= 15 is 0 Å². The molecule has 4 aromatic rings. The number of nitro groups is 1. The Hall–Kier alpha value is -4.38. The van der Waals surface area contributed by atoms with Gasteiger partial charge in [-0.25, -0.2) is 9.97 Å².